The first-order valence-electron chi connectivity index (χ1n) is 15.2. The van der Waals surface area contributed by atoms with Gasteiger partial charge in [0.15, 0.2) is 0 Å². The third-order valence-electron chi connectivity index (χ3n) is 9.28. The lowest BCUT2D eigenvalue weighted by Crippen LogP contribution is -2.52. The molecule has 1 aromatic carbocycles. The fourth-order valence-corrected chi connectivity index (χ4v) is 7.35. The Kier molecular flexibility index (Phi) is 7.92. The average Bonchev–Trinajstić information content (AvgIpc) is 3.67. The maximum Gasteiger partial charge on any atom is 0.255 e. The van der Waals surface area contributed by atoms with E-state index in [1.807, 2.05) is 30.1 Å². The summed E-state index contributed by atoms with van der Waals surface area (Å²) in [5.74, 6) is 0.455. The number of amides is 3. The van der Waals surface area contributed by atoms with Gasteiger partial charge in [-0.15, -0.1) is 0 Å². The van der Waals surface area contributed by atoms with Crippen molar-refractivity contribution < 1.29 is 14.4 Å². The molecule has 1 unspecified atom stereocenters. The molecule has 1 aliphatic carbocycles. The summed E-state index contributed by atoms with van der Waals surface area (Å²) in [6, 6.07) is 3.48. The van der Waals surface area contributed by atoms with E-state index in [9.17, 15) is 14.4 Å². The molecule has 7 rings (SSSR count). The Labute approximate surface area is 268 Å². The lowest BCUT2D eigenvalue weighted by atomic mass is 10.0. The van der Waals surface area contributed by atoms with E-state index in [0.717, 1.165) is 77.4 Å². The fraction of sp³-hybridized carbons (Fsp3) is 0.484. The number of nitrogens with one attached hydrogen (secondary N) is 2. The molecule has 2 aromatic heterocycles. The van der Waals surface area contributed by atoms with Crippen LogP contribution in [0.3, 0.4) is 0 Å². The van der Waals surface area contributed by atoms with Gasteiger partial charge in [-0.2, -0.15) is 5.10 Å². The molecule has 1 saturated carbocycles. The molecule has 0 bridgehead atoms. The van der Waals surface area contributed by atoms with Gasteiger partial charge in [0.05, 0.1) is 23.1 Å². The zero-order chi connectivity index (χ0) is 30.5. The van der Waals surface area contributed by atoms with Gasteiger partial charge < -0.3 is 10.2 Å². The Morgan fingerprint density at radius 2 is 1.86 bits per heavy atom. The number of piperidine rings is 2. The Morgan fingerprint density at radius 3 is 2.61 bits per heavy atom. The van der Waals surface area contributed by atoms with Gasteiger partial charge in [0.1, 0.15) is 6.04 Å². The highest BCUT2D eigenvalue weighted by molar-refractivity contribution is 9.10. The minimum atomic E-state index is -0.621. The van der Waals surface area contributed by atoms with Gasteiger partial charge in [-0.25, -0.2) is 9.97 Å². The molecule has 3 aliphatic heterocycles. The van der Waals surface area contributed by atoms with Crippen LogP contribution in [0, 0.1) is 5.92 Å². The van der Waals surface area contributed by atoms with Crippen LogP contribution in [0.25, 0.3) is 11.3 Å². The second-order valence-electron chi connectivity index (χ2n) is 12.3. The number of imide groups is 1. The third-order valence-corrected chi connectivity index (χ3v) is 10.5. The first-order chi connectivity index (χ1) is 21.2. The Bertz CT molecular complexity index is 1650. The van der Waals surface area contributed by atoms with E-state index in [-0.39, 0.29) is 24.3 Å². The van der Waals surface area contributed by atoms with Crippen LogP contribution in [0.1, 0.15) is 65.7 Å². The maximum absolute atomic E-state index is 13.1. The summed E-state index contributed by atoms with van der Waals surface area (Å²) < 4.78 is 2.84. The quantitative estimate of drug-likeness (QED) is 0.341. The molecule has 2 saturated heterocycles. The number of hydrogen-bond donors (Lipinski definition) is 2. The van der Waals surface area contributed by atoms with Gasteiger partial charge in [0.2, 0.25) is 17.8 Å². The zero-order valence-corrected chi connectivity index (χ0v) is 26.8. The molecule has 13 heteroatoms. The highest BCUT2D eigenvalue weighted by Gasteiger charge is 2.40. The molecule has 230 valence electrons. The van der Waals surface area contributed by atoms with Gasteiger partial charge in [-0.1, -0.05) is 33.6 Å². The number of benzene rings is 1. The van der Waals surface area contributed by atoms with E-state index in [1.165, 1.54) is 12.8 Å². The van der Waals surface area contributed by atoms with Crippen LogP contribution in [0.4, 0.5) is 5.95 Å². The lowest BCUT2D eigenvalue weighted by Gasteiger charge is -2.32. The van der Waals surface area contributed by atoms with Gasteiger partial charge in [0.25, 0.3) is 5.91 Å². The molecule has 3 fully saturated rings. The monoisotopic (exact) mass is 680 g/mol. The number of fused-ring (bicyclic) bond motifs is 1. The molecule has 0 radical (unpaired) electrons. The van der Waals surface area contributed by atoms with Crippen LogP contribution >= 0.6 is 27.5 Å². The summed E-state index contributed by atoms with van der Waals surface area (Å²) in [5.41, 5.74) is 5.49. The molecule has 3 aromatic rings. The number of anilines is 1. The number of nitrogens with zero attached hydrogens (tertiary/aromatic N) is 6. The zero-order valence-electron chi connectivity index (χ0n) is 24.5. The SMILES string of the molecule is Cn1ncc(-c2nc(NC3CCN(Cc4ccc5c(c4Br)CN(C4CCC(=O)NC4=O)C5=O)CC3)ncc2Cl)c1CC1CC1. The molecule has 2 N–H and O–H groups in total. The standard InChI is InChI=1S/C31H34BrClN8O3/c1-39-25(12-17-2-3-17)21(13-35-39)28-23(33)14-34-31(38-28)36-19-8-10-40(11-9-19)15-18-4-5-20-22(27(18)32)16-41(30(20)44)24-6-7-26(42)37-29(24)43/h4-5,13-14,17,19,24H,2-3,6-12,15-16H2,1H3,(H,34,36,38)(H,37,42,43). The van der Waals surface area contributed by atoms with E-state index in [0.29, 0.717) is 29.5 Å². The summed E-state index contributed by atoms with van der Waals surface area (Å²) in [6.07, 6.45) is 9.51. The maximum atomic E-state index is 13.1. The van der Waals surface area contributed by atoms with Crippen molar-refractivity contribution in [3.05, 3.63) is 56.4 Å². The van der Waals surface area contributed by atoms with Crippen LogP contribution in [0.2, 0.25) is 5.02 Å². The van der Waals surface area contributed by atoms with Crippen LogP contribution in [-0.4, -0.2) is 72.4 Å². The first-order valence-corrected chi connectivity index (χ1v) is 16.4. The van der Waals surface area contributed by atoms with Crippen molar-refractivity contribution in [2.45, 2.75) is 70.1 Å². The highest BCUT2D eigenvalue weighted by Crippen LogP contribution is 2.38. The van der Waals surface area contributed by atoms with E-state index >= 15 is 0 Å². The van der Waals surface area contributed by atoms with E-state index < -0.39 is 11.9 Å². The fourth-order valence-electron chi connectivity index (χ4n) is 6.56. The molecule has 3 amide bonds. The summed E-state index contributed by atoms with van der Waals surface area (Å²) in [5, 5.41) is 10.9. The number of carbonyl (C=O) groups excluding carboxylic acids is 3. The lowest BCUT2D eigenvalue weighted by molar-refractivity contribution is -0.136. The molecule has 0 spiro atoms. The largest absolute Gasteiger partial charge is 0.351 e. The van der Waals surface area contributed by atoms with Crippen LogP contribution in [0.15, 0.2) is 29.0 Å². The average molecular weight is 682 g/mol. The molecule has 4 aliphatic rings. The van der Waals surface area contributed by atoms with Crippen molar-refractivity contribution in [2.24, 2.45) is 13.0 Å². The highest BCUT2D eigenvalue weighted by atomic mass is 79.9. The van der Waals surface area contributed by atoms with Gasteiger partial charge in [-0.05, 0) is 61.6 Å². The number of rotatable bonds is 8. The number of aromatic nitrogens is 4. The molecule has 11 nitrogen and oxygen atoms in total. The van der Waals surface area contributed by atoms with Gasteiger partial charge >= 0.3 is 0 Å². The number of hydrogen-bond acceptors (Lipinski definition) is 8. The van der Waals surface area contributed by atoms with Crippen molar-refractivity contribution in [1.29, 1.82) is 0 Å². The molecule has 44 heavy (non-hydrogen) atoms. The van der Waals surface area contributed by atoms with Crippen molar-refractivity contribution >= 4 is 51.2 Å². The van der Waals surface area contributed by atoms with Crippen molar-refractivity contribution in [3.63, 3.8) is 0 Å². The van der Waals surface area contributed by atoms with Crippen molar-refractivity contribution in [2.75, 3.05) is 18.4 Å². The van der Waals surface area contributed by atoms with Gasteiger partial charge in [0, 0.05) is 67.0 Å². The van der Waals surface area contributed by atoms with E-state index in [1.54, 1.807) is 11.1 Å². The van der Waals surface area contributed by atoms with Crippen LogP contribution in [-0.2, 0) is 36.1 Å². The predicted octanol–water partition coefficient (Wildman–Crippen LogP) is 4.08. The molecule has 1 atom stereocenters. The first kappa shape index (κ1) is 29.4. The predicted molar refractivity (Wildman–Crippen MR) is 168 cm³/mol. The molecular formula is C31H34BrClN8O3. The van der Waals surface area contributed by atoms with Crippen LogP contribution in [0.5, 0.6) is 0 Å². The number of carbonyl (C=O) groups is 3. The number of halogens is 2. The third kappa shape index (κ3) is 5.75. The molecule has 5 heterocycles. The smallest absolute Gasteiger partial charge is 0.255 e. The Morgan fingerprint density at radius 1 is 1.07 bits per heavy atom. The summed E-state index contributed by atoms with van der Waals surface area (Å²) in [7, 11) is 1.97. The number of likely N-dealkylation sites (tertiary alicyclic amines) is 1. The minimum Gasteiger partial charge on any atom is -0.351 e. The molecular weight excluding hydrogens is 648 g/mol. The van der Waals surface area contributed by atoms with Crippen molar-refractivity contribution in [1.82, 2.24) is 34.9 Å². The normalized spacial score (nSPS) is 21.1. The number of aryl methyl sites for hydroxylation is 1. The summed E-state index contributed by atoms with van der Waals surface area (Å²) >= 11 is 10.3. The second kappa shape index (κ2) is 11.9. The Balaban J connectivity index is 0.975. The summed E-state index contributed by atoms with van der Waals surface area (Å²) in [6.45, 7) is 2.90. The van der Waals surface area contributed by atoms with Gasteiger partial charge in [-0.3, -0.25) is 29.3 Å². The van der Waals surface area contributed by atoms with Crippen LogP contribution < -0.4 is 10.6 Å². The Hall–Kier alpha value is -3.35. The second-order valence-corrected chi connectivity index (χ2v) is 13.5. The topological polar surface area (TPSA) is 125 Å². The van der Waals surface area contributed by atoms with E-state index in [4.69, 9.17) is 16.6 Å². The van der Waals surface area contributed by atoms with Crippen molar-refractivity contribution in [3.8, 4) is 11.3 Å². The minimum absolute atomic E-state index is 0.163. The van der Waals surface area contributed by atoms with E-state index in [2.05, 4.69) is 41.5 Å². The summed E-state index contributed by atoms with van der Waals surface area (Å²) in [4.78, 5) is 50.5.